The quantitative estimate of drug-likeness (QED) is 0.159. The summed E-state index contributed by atoms with van der Waals surface area (Å²) in [6.07, 6.45) is 0. The third kappa shape index (κ3) is 8.14. The molecule has 0 unspecified atom stereocenters. The Labute approximate surface area is 536 Å². The maximum absolute atomic E-state index is 6.63. The number of hydrogen-bond donors (Lipinski definition) is 0. The maximum atomic E-state index is 6.63. The summed E-state index contributed by atoms with van der Waals surface area (Å²) in [6, 6.07) is 113. The van der Waals surface area contributed by atoms with Gasteiger partial charge in [0.2, 0.25) is 0 Å². The first-order valence-electron chi connectivity index (χ1n) is 31.2. The summed E-state index contributed by atoms with van der Waals surface area (Å²) in [6.45, 7) is 0. The fourth-order valence-electron chi connectivity index (χ4n) is 14.6. The number of hydrogen-bond acceptors (Lipinski definition) is 4. The maximum Gasteiger partial charge on any atom is 0.161 e. The molecule has 0 aliphatic carbocycles. The van der Waals surface area contributed by atoms with Gasteiger partial charge in [0.15, 0.2) is 11.2 Å². The molecule has 6 heteroatoms. The number of aromatic nitrogens is 2. The van der Waals surface area contributed by atoms with E-state index in [0.717, 1.165) is 77.3 Å². The Kier molecular flexibility index (Phi) is 12.0. The summed E-state index contributed by atoms with van der Waals surface area (Å²) >= 11 is 3.78. The Balaban J connectivity index is 0.000000132. The lowest BCUT2D eigenvalue weighted by Gasteiger charge is -2.10. The van der Waals surface area contributed by atoms with Gasteiger partial charge in [-0.15, -0.1) is 22.7 Å². The van der Waals surface area contributed by atoms with Crippen molar-refractivity contribution in [3.63, 3.8) is 0 Å². The first-order valence-corrected chi connectivity index (χ1v) is 32.8. The summed E-state index contributed by atoms with van der Waals surface area (Å²) < 4.78 is 23.3. The van der Waals surface area contributed by atoms with Crippen LogP contribution in [0.2, 0.25) is 0 Å². The lowest BCUT2D eigenvalue weighted by molar-refractivity contribution is 0.672. The number of benzene rings is 14. The average Bonchev–Trinajstić information content (AvgIpc) is 1.58. The fourth-order valence-corrected chi connectivity index (χ4v) is 17.1. The van der Waals surface area contributed by atoms with E-state index < -0.39 is 0 Å². The molecule has 0 spiro atoms. The molecule has 0 aliphatic rings. The largest absolute Gasteiger partial charge is 0.454 e. The normalized spacial score (nSPS) is 11.9. The number of para-hydroxylation sites is 4. The van der Waals surface area contributed by atoms with Crippen LogP contribution in [-0.4, -0.2) is 9.13 Å². The Morgan fingerprint density at radius 2 is 0.609 bits per heavy atom. The molecule has 92 heavy (non-hydrogen) atoms. The third-order valence-corrected chi connectivity index (χ3v) is 21.1. The zero-order chi connectivity index (χ0) is 60.4. The van der Waals surface area contributed by atoms with Crippen molar-refractivity contribution < 1.29 is 8.83 Å². The molecule has 0 saturated carbocycles. The molecule has 0 amide bonds. The van der Waals surface area contributed by atoms with Gasteiger partial charge in [0.05, 0.1) is 21.8 Å². The van der Waals surface area contributed by atoms with Crippen molar-refractivity contribution in [3.8, 4) is 67.0 Å². The lowest BCUT2D eigenvalue weighted by atomic mass is 9.95. The molecule has 0 fully saturated rings. The predicted octanol–water partition coefficient (Wildman–Crippen LogP) is 25.3. The van der Waals surface area contributed by atoms with Crippen LogP contribution in [0.5, 0.6) is 0 Å². The smallest absolute Gasteiger partial charge is 0.161 e. The highest BCUT2D eigenvalue weighted by molar-refractivity contribution is 7.27. The van der Waals surface area contributed by atoms with E-state index >= 15 is 0 Å². The van der Waals surface area contributed by atoms with Crippen LogP contribution in [0.1, 0.15) is 0 Å². The highest BCUT2D eigenvalue weighted by Gasteiger charge is 2.25. The molecule has 0 atom stereocenters. The topological polar surface area (TPSA) is 36.1 Å². The molecule has 430 valence electrons. The van der Waals surface area contributed by atoms with Crippen molar-refractivity contribution >= 4 is 140 Å². The van der Waals surface area contributed by atoms with Gasteiger partial charge in [0.1, 0.15) is 22.2 Å². The van der Waals surface area contributed by atoms with Crippen LogP contribution in [0.4, 0.5) is 0 Å². The summed E-state index contributed by atoms with van der Waals surface area (Å²) in [5.74, 6) is 0. The van der Waals surface area contributed by atoms with E-state index in [0.29, 0.717) is 0 Å². The second-order valence-corrected chi connectivity index (χ2v) is 25.8. The Morgan fingerprint density at radius 3 is 1.12 bits per heavy atom. The van der Waals surface area contributed by atoms with Gasteiger partial charge in [-0.2, -0.15) is 0 Å². The molecular weight excluding hydrogens is 1160 g/mol. The standard InChI is InChI=1S/C44H27NOS.C42H25NOS/c1-3-12-28(13-4-1)34-19-9-20-36-40-32(18-11-23-39(40)47-44(34)36)29-24-26-30(27-25-29)33-17-10-22-38-41(33)42-43(46-38)35-16-7-8-21-37(35)45(42)31-14-5-2-6-15-31;1-2-11-29(12-3-1)43-35-17-7-6-14-33(35)41-40(43)39-31(15-8-18-36(39)44-41)28-22-20-27(21-23-28)30-16-9-19-37-38(30)34-25-24-26-10-4-5-13-32(26)42(34)45-37/h1-27H;1-25H. The second-order valence-electron chi connectivity index (χ2n) is 23.7. The van der Waals surface area contributed by atoms with Crippen molar-refractivity contribution in [2.45, 2.75) is 0 Å². The molecule has 6 heterocycles. The molecule has 0 radical (unpaired) electrons. The summed E-state index contributed by atoms with van der Waals surface area (Å²) in [7, 11) is 0. The average molecular weight is 1210 g/mol. The van der Waals surface area contributed by atoms with Gasteiger partial charge in [0.25, 0.3) is 0 Å². The van der Waals surface area contributed by atoms with Crippen LogP contribution >= 0.6 is 22.7 Å². The molecule has 6 aromatic heterocycles. The summed E-state index contributed by atoms with van der Waals surface area (Å²) in [5, 5.41) is 12.4. The summed E-state index contributed by atoms with van der Waals surface area (Å²) in [5.41, 5.74) is 22.6. The highest BCUT2D eigenvalue weighted by Crippen LogP contribution is 2.49. The summed E-state index contributed by atoms with van der Waals surface area (Å²) in [4.78, 5) is 0. The lowest BCUT2D eigenvalue weighted by Crippen LogP contribution is -1.93. The first-order chi connectivity index (χ1) is 45.7. The molecule has 0 bridgehead atoms. The van der Waals surface area contributed by atoms with E-state index in [1.54, 1.807) is 0 Å². The minimum absolute atomic E-state index is 0.899. The first kappa shape index (κ1) is 52.4. The van der Waals surface area contributed by atoms with Crippen LogP contribution in [0, 0.1) is 0 Å². The van der Waals surface area contributed by atoms with Crippen molar-refractivity contribution in [2.24, 2.45) is 0 Å². The van der Waals surface area contributed by atoms with E-state index in [1.165, 1.54) is 107 Å². The number of furan rings is 2. The molecule has 0 N–H and O–H groups in total. The third-order valence-electron chi connectivity index (χ3n) is 18.6. The second kappa shape index (κ2) is 21.0. The Hall–Kier alpha value is -11.5. The van der Waals surface area contributed by atoms with Crippen molar-refractivity contribution in [2.75, 3.05) is 0 Å². The fraction of sp³-hybridized carbons (Fsp3) is 0. The van der Waals surface area contributed by atoms with Gasteiger partial charge < -0.3 is 18.0 Å². The monoisotopic (exact) mass is 1210 g/mol. The van der Waals surface area contributed by atoms with E-state index in [9.17, 15) is 0 Å². The molecular formula is C86H52N2O2S2. The van der Waals surface area contributed by atoms with Gasteiger partial charge in [-0.3, -0.25) is 0 Å². The molecule has 14 aromatic carbocycles. The van der Waals surface area contributed by atoms with Crippen LogP contribution in [-0.2, 0) is 0 Å². The van der Waals surface area contributed by atoms with E-state index in [1.807, 2.05) is 22.7 Å². The zero-order valence-electron chi connectivity index (χ0n) is 49.5. The molecule has 4 nitrogen and oxygen atoms in total. The predicted molar refractivity (Wildman–Crippen MR) is 392 cm³/mol. The zero-order valence-corrected chi connectivity index (χ0v) is 51.2. The van der Waals surface area contributed by atoms with Gasteiger partial charge in [0, 0.05) is 62.5 Å². The van der Waals surface area contributed by atoms with Gasteiger partial charge in [-0.25, -0.2) is 0 Å². The minimum Gasteiger partial charge on any atom is -0.454 e. The van der Waals surface area contributed by atoms with E-state index in [4.69, 9.17) is 8.83 Å². The van der Waals surface area contributed by atoms with Crippen molar-refractivity contribution in [3.05, 3.63) is 315 Å². The van der Waals surface area contributed by atoms with E-state index in [2.05, 4.69) is 325 Å². The number of fused-ring (bicyclic) bond motifs is 18. The van der Waals surface area contributed by atoms with Crippen LogP contribution in [0.25, 0.3) is 184 Å². The van der Waals surface area contributed by atoms with Gasteiger partial charge in [-0.1, -0.05) is 243 Å². The molecule has 0 saturated heterocycles. The SMILES string of the molecule is c1ccc(-c2cccc3c2sc2cccc(-c4ccc(-c5cccc6oc7c8ccccc8n(-c8ccccc8)c7c56)cc4)c23)cc1.c1ccc(-n2c3ccccc3c3oc4cccc(-c5ccc(-c6cccc7sc8c9ccccc9ccc8c67)cc5)c4c32)cc1. The number of rotatable bonds is 7. The van der Waals surface area contributed by atoms with E-state index in [-0.39, 0.29) is 0 Å². The van der Waals surface area contributed by atoms with Crippen molar-refractivity contribution in [1.29, 1.82) is 0 Å². The van der Waals surface area contributed by atoms with Gasteiger partial charge in [-0.05, 0) is 139 Å². The Bertz CT molecular complexity index is 6280. The van der Waals surface area contributed by atoms with Crippen LogP contribution in [0.15, 0.2) is 324 Å². The molecule has 20 aromatic rings. The minimum atomic E-state index is 0.899. The van der Waals surface area contributed by atoms with Crippen LogP contribution in [0.3, 0.4) is 0 Å². The molecule has 0 aliphatic heterocycles. The molecule has 20 rings (SSSR count). The Morgan fingerprint density at radius 1 is 0.239 bits per heavy atom. The highest BCUT2D eigenvalue weighted by atomic mass is 32.1. The van der Waals surface area contributed by atoms with Gasteiger partial charge >= 0.3 is 0 Å². The number of nitrogens with zero attached hydrogens (tertiary/aromatic N) is 2. The van der Waals surface area contributed by atoms with Crippen molar-refractivity contribution in [1.82, 2.24) is 9.13 Å². The van der Waals surface area contributed by atoms with Crippen LogP contribution < -0.4 is 0 Å². The number of thiophene rings is 2.